The molecule has 0 aliphatic heterocycles. The molecule has 100 valence electrons. The van der Waals surface area contributed by atoms with Gasteiger partial charge < -0.3 is 16.4 Å². The van der Waals surface area contributed by atoms with Gasteiger partial charge in [0.25, 0.3) is 0 Å². The first kappa shape index (κ1) is 16.4. The summed E-state index contributed by atoms with van der Waals surface area (Å²) < 4.78 is 0. The number of nitrogens with one attached hydrogen (secondary N) is 2. The number of aryl methyl sites for hydroxylation is 1. The number of hydrogen-bond acceptors (Lipinski definition) is 3. The van der Waals surface area contributed by atoms with Crippen LogP contribution in [0.1, 0.15) is 17.2 Å². The summed E-state index contributed by atoms with van der Waals surface area (Å²) in [5.41, 5.74) is 7.60. The van der Waals surface area contributed by atoms with Crippen LogP contribution in [0.4, 0.5) is 0 Å². The largest absolute Gasteiger partial charge is 0.358 e. The summed E-state index contributed by atoms with van der Waals surface area (Å²) in [5.74, 6) is -0.619. The predicted molar refractivity (Wildman–Crippen MR) is 72.4 cm³/mol. The molecule has 0 saturated carbocycles. The smallest absolute Gasteiger partial charge is 0.241 e. The topological polar surface area (TPSA) is 84.2 Å². The van der Waals surface area contributed by atoms with Gasteiger partial charge in [-0.25, -0.2) is 0 Å². The molecule has 1 aromatic carbocycles. The van der Waals surface area contributed by atoms with E-state index in [0.717, 1.165) is 11.1 Å². The molecule has 2 amide bonds. The zero-order valence-electron chi connectivity index (χ0n) is 10.4. The maximum absolute atomic E-state index is 11.6. The van der Waals surface area contributed by atoms with Crippen molar-refractivity contribution in [1.82, 2.24) is 10.6 Å². The number of benzene rings is 1. The Morgan fingerprint density at radius 1 is 1.28 bits per heavy atom. The molecule has 0 heterocycles. The fourth-order valence-electron chi connectivity index (χ4n) is 1.29. The van der Waals surface area contributed by atoms with Crippen molar-refractivity contribution in [2.75, 3.05) is 13.6 Å². The summed E-state index contributed by atoms with van der Waals surface area (Å²) in [4.78, 5) is 22.6. The highest BCUT2D eigenvalue weighted by molar-refractivity contribution is 5.87. The molecule has 0 aromatic heterocycles. The lowest BCUT2D eigenvalue weighted by Gasteiger charge is -2.12. The van der Waals surface area contributed by atoms with Gasteiger partial charge in [-0.15, -0.1) is 12.4 Å². The van der Waals surface area contributed by atoms with Crippen LogP contribution in [0.3, 0.4) is 0 Å². The minimum absolute atomic E-state index is 0. The van der Waals surface area contributed by atoms with E-state index in [9.17, 15) is 9.59 Å². The van der Waals surface area contributed by atoms with Crippen LogP contribution in [0.15, 0.2) is 24.3 Å². The van der Waals surface area contributed by atoms with Gasteiger partial charge in [-0.3, -0.25) is 9.59 Å². The van der Waals surface area contributed by atoms with Crippen molar-refractivity contribution in [3.8, 4) is 0 Å². The number of rotatable bonds is 4. The highest BCUT2D eigenvalue weighted by Gasteiger charge is 2.15. The van der Waals surface area contributed by atoms with Crippen molar-refractivity contribution in [2.24, 2.45) is 5.73 Å². The minimum atomic E-state index is -0.750. The van der Waals surface area contributed by atoms with Crippen molar-refractivity contribution in [2.45, 2.75) is 13.0 Å². The summed E-state index contributed by atoms with van der Waals surface area (Å²) in [6.45, 7) is 1.90. The molecule has 1 rings (SSSR count). The number of carbonyl (C=O) groups is 2. The summed E-state index contributed by atoms with van der Waals surface area (Å²) in [5, 5.41) is 4.88. The Balaban J connectivity index is 0.00000289. The van der Waals surface area contributed by atoms with E-state index in [1.54, 1.807) is 12.1 Å². The molecule has 0 saturated heterocycles. The SMILES string of the molecule is CNC(=O)CNC(=O)C(N)c1ccc(C)cc1.Cl. The molecule has 0 aliphatic carbocycles. The normalized spacial score (nSPS) is 11.1. The number of hydrogen-bond donors (Lipinski definition) is 3. The van der Waals surface area contributed by atoms with Crippen molar-refractivity contribution >= 4 is 24.2 Å². The van der Waals surface area contributed by atoms with E-state index in [1.165, 1.54) is 7.05 Å². The first-order valence-corrected chi connectivity index (χ1v) is 5.35. The molecular formula is C12H18ClN3O2. The molecule has 0 aliphatic rings. The van der Waals surface area contributed by atoms with Gasteiger partial charge in [0.1, 0.15) is 6.04 Å². The highest BCUT2D eigenvalue weighted by Crippen LogP contribution is 2.11. The minimum Gasteiger partial charge on any atom is -0.358 e. The Morgan fingerprint density at radius 3 is 2.33 bits per heavy atom. The van der Waals surface area contributed by atoms with Gasteiger partial charge >= 0.3 is 0 Å². The van der Waals surface area contributed by atoms with Crippen LogP contribution >= 0.6 is 12.4 Å². The van der Waals surface area contributed by atoms with Gasteiger partial charge in [0.2, 0.25) is 11.8 Å². The van der Waals surface area contributed by atoms with E-state index in [0.29, 0.717) is 0 Å². The average molecular weight is 272 g/mol. The van der Waals surface area contributed by atoms with E-state index in [-0.39, 0.29) is 30.8 Å². The Bertz CT molecular complexity index is 406. The fraction of sp³-hybridized carbons (Fsp3) is 0.333. The highest BCUT2D eigenvalue weighted by atomic mass is 35.5. The summed E-state index contributed by atoms with van der Waals surface area (Å²) in [6.07, 6.45) is 0. The maximum atomic E-state index is 11.6. The molecule has 6 heteroatoms. The molecule has 5 nitrogen and oxygen atoms in total. The Labute approximate surface area is 113 Å². The molecule has 18 heavy (non-hydrogen) atoms. The second-order valence-electron chi connectivity index (χ2n) is 3.78. The van der Waals surface area contributed by atoms with E-state index in [1.807, 2.05) is 19.1 Å². The molecule has 1 unspecified atom stereocenters. The van der Waals surface area contributed by atoms with Crippen molar-refractivity contribution in [3.63, 3.8) is 0 Å². The van der Waals surface area contributed by atoms with E-state index in [4.69, 9.17) is 5.73 Å². The number of amides is 2. The maximum Gasteiger partial charge on any atom is 0.241 e. The van der Waals surface area contributed by atoms with Gasteiger partial charge in [-0.05, 0) is 12.5 Å². The van der Waals surface area contributed by atoms with Crippen molar-refractivity contribution < 1.29 is 9.59 Å². The van der Waals surface area contributed by atoms with E-state index >= 15 is 0 Å². The third kappa shape index (κ3) is 4.73. The number of likely N-dealkylation sites (N-methyl/N-ethyl adjacent to an activating group) is 1. The van der Waals surface area contributed by atoms with Crippen LogP contribution in [0.25, 0.3) is 0 Å². The Hall–Kier alpha value is -1.59. The second-order valence-corrected chi connectivity index (χ2v) is 3.78. The summed E-state index contributed by atoms with van der Waals surface area (Å²) in [6, 6.07) is 6.64. The lowest BCUT2D eigenvalue weighted by molar-refractivity contribution is -0.126. The van der Waals surface area contributed by atoms with Crippen LogP contribution in [0.2, 0.25) is 0 Å². The Morgan fingerprint density at radius 2 is 1.83 bits per heavy atom. The van der Waals surface area contributed by atoms with Gasteiger partial charge in [-0.2, -0.15) is 0 Å². The standard InChI is InChI=1S/C12H17N3O2.ClH/c1-8-3-5-9(6-4-8)11(13)12(17)15-7-10(16)14-2;/h3-6,11H,7,13H2,1-2H3,(H,14,16)(H,15,17);1H. The lowest BCUT2D eigenvalue weighted by Crippen LogP contribution is -2.40. The van der Waals surface area contributed by atoms with Crippen LogP contribution in [-0.2, 0) is 9.59 Å². The van der Waals surface area contributed by atoms with Crippen LogP contribution in [0, 0.1) is 6.92 Å². The first-order chi connectivity index (χ1) is 8.04. The zero-order chi connectivity index (χ0) is 12.8. The molecule has 4 N–H and O–H groups in total. The molecule has 1 atom stereocenters. The number of halogens is 1. The van der Waals surface area contributed by atoms with E-state index in [2.05, 4.69) is 10.6 Å². The molecule has 0 radical (unpaired) electrons. The van der Waals surface area contributed by atoms with Crippen LogP contribution < -0.4 is 16.4 Å². The second kappa shape index (κ2) is 7.68. The Kier molecular flexibility index (Phi) is 7.00. The molecule has 0 spiro atoms. The third-order valence-electron chi connectivity index (χ3n) is 2.42. The third-order valence-corrected chi connectivity index (χ3v) is 2.42. The zero-order valence-corrected chi connectivity index (χ0v) is 11.2. The van der Waals surface area contributed by atoms with Crippen LogP contribution in [-0.4, -0.2) is 25.4 Å². The number of carbonyl (C=O) groups excluding carboxylic acids is 2. The van der Waals surface area contributed by atoms with Gasteiger partial charge in [0.05, 0.1) is 6.54 Å². The van der Waals surface area contributed by atoms with Crippen molar-refractivity contribution in [3.05, 3.63) is 35.4 Å². The summed E-state index contributed by atoms with van der Waals surface area (Å²) >= 11 is 0. The fourth-order valence-corrected chi connectivity index (χ4v) is 1.29. The molecule has 0 fully saturated rings. The van der Waals surface area contributed by atoms with Gasteiger partial charge in [0, 0.05) is 7.05 Å². The quantitative estimate of drug-likeness (QED) is 0.735. The average Bonchev–Trinajstić information content (AvgIpc) is 2.35. The molecule has 0 bridgehead atoms. The van der Waals surface area contributed by atoms with Gasteiger partial charge in [-0.1, -0.05) is 29.8 Å². The summed E-state index contributed by atoms with van der Waals surface area (Å²) in [7, 11) is 1.51. The van der Waals surface area contributed by atoms with E-state index < -0.39 is 6.04 Å². The lowest BCUT2D eigenvalue weighted by atomic mass is 10.1. The van der Waals surface area contributed by atoms with Crippen LogP contribution in [0.5, 0.6) is 0 Å². The monoisotopic (exact) mass is 271 g/mol. The number of nitrogens with two attached hydrogens (primary N) is 1. The molecular weight excluding hydrogens is 254 g/mol. The predicted octanol–water partition coefficient (Wildman–Crippen LogP) is 0.279. The van der Waals surface area contributed by atoms with Crippen molar-refractivity contribution in [1.29, 1.82) is 0 Å². The molecule has 1 aromatic rings. The first-order valence-electron chi connectivity index (χ1n) is 5.35. The van der Waals surface area contributed by atoms with Gasteiger partial charge in [0.15, 0.2) is 0 Å².